The van der Waals surface area contributed by atoms with Gasteiger partial charge in [-0.05, 0) is 51.0 Å². The minimum atomic E-state index is -0.961. The van der Waals surface area contributed by atoms with Gasteiger partial charge in [-0.1, -0.05) is 12.1 Å². The van der Waals surface area contributed by atoms with E-state index in [4.69, 9.17) is 9.84 Å². The lowest BCUT2D eigenvalue weighted by atomic mass is 10.1. The molecule has 0 spiro atoms. The Hall–Kier alpha value is -3.07. The van der Waals surface area contributed by atoms with Gasteiger partial charge in [0.2, 0.25) is 0 Å². The van der Waals surface area contributed by atoms with Crippen molar-refractivity contribution in [3.63, 3.8) is 0 Å². The summed E-state index contributed by atoms with van der Waals surface area (Å²) in [5, 5.41) is 14.6. The van der Waals surface area contributed by atoms with Gasteiger partial charge < -0.3 is 20.1 Å². The van der Waals surface area contributed by atoms with Crippen LogP contribution in [0.1, 0.15) is 40.9 Å². The van der Waals surface area contributed by atoms with Crippen molar-refractivity contribution in [1.29, 1.82) is 0 Å². The van der Waals surface area contributed by atoms with E-state index in [1.54, 1.807) is 51.1 Å². The monoisotopic (exact) mass is 417 g/mol. The molecule has 1 aromatic heterocycles. The van der Waals surface area contributed by atoms with Crippen LogP contribution in [0, 0.1) is 0 Å². The average molecular weight is 417 g/mol. The Labute approximate surface area is 172 Å². The standard InChI is InChI=1S/C20H23N3O5S/c1-20(2,3)28-18(25)22-14-7-5-4-6-13(14)21-17(24)15-10-12-8-9-23(19(26)27)11-16(12)29-15/h4-7,10H,8-9,11H2,1-3H3,(H,21,24)(H,22,25)(H,26,27). The molecule has 1 aliphatic heterocycles. The van der Waals surface area contributed by atoms with Crippen LogP contribution in [0.2, 0.25) is 0 Å². The van der Waals surface area contributed by atoms with Gasteiger partial charge in [-0.2, -0.15) is 0 Å². The number of carbonyl (C=O) groups excluding carboxylic acids is 2. The minimum Gasteiger partial charge on any atom is -0.465 e. The van der Waals surface area contributed by atoms with E-state index in [9.17, 15) is 14.4 Å². The lowest BCUT2D eigenvalue weighted by Gasteiger charge is -2.23. The van der Waals surface area contributed by atoms with E-state index in [2.05, 4.69) is 10.6 Å². The first-order chi connectivity index (χ1) is 13.6. The summed E-state index contributed by atoms with van der Waals surface area (Å²) in [7, 11) is 0. The van der Waals surface area contributed by atoms with Crippen molar-refractivity contribution in [3.05, 3.63) is 45.6 Å². The van der Waals surface area contributed by atoms with E-state index in [0.29, 0.717) is 35.8 Å². The molecule has 0 saturated heterocycles. The molecule has 1 aromatic carbocycles. The highest BCUT2D eigenvalue weighted by Gasteiger charge is 2.24. The van der Waals surface area contributed by atoms with E-state index in [-0.39, 0.29) is 5.91 Å². The van der Waals surface area contributed by atoms with Crippen LogP contribution < -0.4 is 10.6 Å². The van der Waals surface area contributed by atoms with Gasteiger partial charge in [-0.3, -0.25) is 10.1 Å². The quantitative estimate of drug-likeness (QED) is 0.687. The number of hydrogen-bond donors (Lipinski definition) is 3. The van der Waals surface area contributed by atoms with Crippen molar-refractivity contribution in [2.24, 2.45) is 0 Å². The molecule has 3 N–H and O–H groups in total. The fraction of sp³-hybridized carbons (Fsp3) is 0.350. The van der Waals surface area contributed by atoms with Gasteiger partial charge in [0.1, 0.15) is 5.60 Å². The van der Waals surface area contributed by atoms with Crippen molar-refractivity contribution in [3.8, 4) is 0 Å². The number of rotatable bonds is 3. The second-order valence-electron chi connectivity index (χ2n) is 7.64. The van der Waals surface area contributed by atoms with Crippen molar-refractivity contribution >= 4 is 40.8 Å². The third-order valence-electron chi connectivity index (χ3n) is 4.19. The number of fused-ring (bicyclic) bond motifs is 1. The largest absolute Gasteiger partial charge is 0.465 e. The smallest absolute Gasteiger partial charge is 0.412 e. The number of thiophene rings is 1. The molecular formula is C20H23N3O5S. The summed E-state index contributed by atoms with van der Waals surface area (Å²) in [6.07, 6.45) is -0.987. The van der Waals surface area contributed by atoms with Crippen LogP contribution in [-0.2, 0) is 17.7 Å². The Morgan fingerprint density at radius 2 is 1.79 bits per heavy atom. The third-order valence-corrected chi connectivity index (χ3v) is 5.35. The van der Waals surface area contributed by atoms with Crippen LogP contribution >= 0.6 is 11.3 Å². The summed E-state index contributed by atoms with van der Waals surface area (Å²) in [5.74, 6) is -0.315. The first-order valence-corrected chi connectivity index (χ1v) is 9.94. The number of carbonyl (C=O) groups is 3. The molecule has 0 aliphatic carbocycles. The zero-order valence-corrected chi connectivity index (χ0v) is 17.3. The molecule has 3 amide bonds. The molecule has 29 heavy (non-hydrogen) atoms. The lowest BCUT2D eigenvalue weighted by molar-refractivity contribution is 0.0635. The summed E-state index contributed by atoms with van der Waals surface area (Å²) in [6, 6.07) is 8.65. The van der Waals surface area contributed by atoms with Crippen LogP contribution in [0.3, 0.4) is 0 Å². The maximum Gasteiger partial charge on any atom is 0.412 e. The molecule has 9 heteroatoms. The molecular weight excluding hydrogens is 394 g/mol. The molecule has 0 radical (unpaired) electrons. The van der Waals surface area contributed by atoms with E-state index in [0.717, 1.165) is 10.4 Å². The number of amides is 3. The van der Waals surface area contributed by atoms with Gasteiger partial charge in [0, 0.05) is 11.4 Å². The number of benzene rings is 1. The number of anilines is 2. The van der Waals surface area contributed by atoms with Gasteiger partial charge in [0.05, 0.1) is 22.8 Å². The first-order valence-electron chi connectivity index (χ1n) is 9.12. The second kappa shape index (κ2) is 8.12. The summed E-state index contributed by atoms with van der Waals surface area (Å²) in [5.41, 5.74) is 1.23. The normalized spacial score (nSPS) is 13.4. The molecule has 2 aromatic rings. The highest BCUT2D eigenvalue weighted by Crippen LogP contribution is 2.30. The Kier molecular flexibility index (Phi) is 5.78. The first kappa shape index (κ1) is 20.7. The van der Waals surface area contributed by atoms with Crippen molar-refractivity contribution in [2.75, 3.05) is 17.2 Å². The number of carboxylic acid groups (broad SMARTS) is 1. The molecule has 0 unspecified atom stereocenters. The van der Waals surface area contributed by atoms with Gasteiger partial charge in [-0.15, -0.1) is 11.3 Å². The summed E-state index contributed by atoms with van der Waals surface area (Å²) < 4.78 is 5.26. The van der Waals surface area contributed by atoms with E-state index in [1.807, 2.05) is 0 Å². The SMILES string of the molecule is CC(C)(C)OC(=O)Nc1ccccc1NC(=O)c1cc2c(s1)CN(C(=O)O)CC2. The van der Waals surface area contributed by atoms with Gasteiger partial charge in [-0.25, -0.2) is 9.59 Å². The van der Waals surface area contributed by atoms with Crippen molar-refractivity contribution in [2.45, 2.75) is 39.3 Å². The maximum absolute atomic E-state index is 12.7. The highest BCUT2D eigenvalue weighted by molar-refractivity contribution is 7.14. The Bertz CT molecular complexity index is 948. The van der Waals surface area contributed by atoms with E-state index < -0.39 is 17.8 Å². The molecule has 0 saturated carbocycles. The van der Waals surface area contributed by atoms with Crippen LogP contribution in [0.25, 0.3) is 0 Å². The Morgan fingerprint density at radius 1 is 1.14 bits per heavy atom. The number of hydrogen-bond acceptors (Lipinski definition) is 5. The van der Waals surface area contributed by atoms with Crippen LogP contribution in [0.4, 0.5) is 21.0 Å². The molecule has 0 atom stereocenters. The molecule has 0 bridgehead atoms. The van der Waals surface area contributed by atoms with Crippen LogP contribution in [0.15, 0.2) is 30.3 Å². The molecule has 0 fully saturated rings. The topological polar surface area (TPSA) is 108 Å². The van der Waals surface area contributed by atoms with Gasteiger partial charge in [0.25, 0.3) is 5.91 Å². The average Bonchev–Trinajstić information content (AvgIpc) is 3.05. The van der Waals surface area contributed by atoms with Gasteiger partial charge >= 0.3 is 12.2 Å². The molecule has 1 aliphatic rings. The number of nitrogens with one attached hydrogen (secondary N) is 2. The predicted octanol–water partition coefficient (Wildman–Crippen LogP) is 4.38. The maximum atomic E-state index is 12.7. The minimum absolute atomic E-state index is 0.291. The number of nitrogens with zero attached hydrogens (tertiary/aromatic N) is 1. The van der Waals surface area contributed by atoms with Gasteiger partial charge in [0.15, 0.2) is 0 Å². The number of para-hydroxylation sites is 2. The molecule has 154 valence electrons. The van der Waals surface area contributed by atoms with E-state index in [1.165, 1.54) is 16.2 Å². The summed E-state index contributed by atoms with van der Waals surface area (Å²) in [4.78, 5) is 38.7. The van der Waals surface area contributed by atoms with E-state index >= 15 is 0 Å². The molecule has 2 heterocycles. The number of ether oxygens (including phenoxy) is 1. The lowest BCUT2D eigenvalue weighted by Crippen LogP contribution is -2.33. The summed E-state index contributed by atoms with van der Waals surface area (Å²) in [6.45, 7) is 6.01. The summed E-state index contributed by atoms with van der Waals surface area (Å²) >= 11 is 1.28. The highest BCUT2D eigenvalue weighted by atomic mass is 32.1. The van der Waals surface area contributed by atoms with Crippen molar-refractivity contribution < 1.29 is 24.2 Å². The predicted molar refractivity (Wildman–Crippen MR) is 111 cm³/mol. The van der Waals surface area contributed by atoms with Crippen molar-refractivity contribution in [1.82, 2.24) is 4.90 Å². The second-order valence-corrected chi connectivity index (χ2v) is 8.78. The molecule has 3 rings (SSSR count). The Balaban J connectivity index is 1.72. The Morgan fingerprint density at radius 3 is 2.41 bits per heavy atom. The van der Waals surface area contributed by atoms with Crippen LogP contribution in [0.5, 0.6) is 0 Å². The van der Waals surface area contributed by atoms with Crippen LogP contribution in [-0.4, -0.2) is 40.2 Å². The zero-order chi connectivity index (χ0) is 21.2. The zero-order valence-electron chi connectivity index (χ0n) is 16.4. The fourth-order valence-corrected chi connectivity index (χ4v) is 4.02. The third kappa shape index (κ3) is 5.26. The fourth-order valence-electron chi connectivity index (χ4n) is 2.89. The molecule has 8 nitrogen and oxygen atoms in total.